The molecule has 0 spiro atoms. The number of benzene rings is 1. The van der Waals surface area contributed by atoms with Crippen molar-refractivity contribution in [1.29, 1.82) is 0 Å². The maximum Gasteiger partial charge on any atom is 0.225 e. The Morgan fingerprint density at radius 3 is 2.90 bits per heavy atom. The van der Waals surface area contributed by atoms with E-state index in [9.17, 15) is 9.59 Å². The maximum absolute atomic E-state index is 12.1. The SMILES string of the molecule is O=C(NCC1CC1)C1CC(=O)N(Cc2cccc(Br)c2)C1. The molecule has 1 N–H and O–H groups in total. The molecule has 4 nitrogen and oxygen atoms in total. The Kier molecular flexibility index (Phi) is 4.29. The molecule has 1 saturated carbocycles. The number of halogens is 1. The second kappa shape index (κ2) is 6.18. The van der Waals surface area contributed by atoms with E-state index < -0.39 is 0 Å². The van der Waals surface area contributed by atoms with E-state index in [0.717, 1.165) is 16.6 Å². The van der Waals surface area contributed by atoms with Crippen LogP contribution < -0.4 is 5.32 Å². The summed E-state index contributed by atoms with van der Waals surface area (Å²) in [5, 5.41) is 2.98. The van der Waals surface area contributed by atoms with Crippen LogP contribution in [0.4, 0.5) is 0 Å². The van der Waals surface area contributed by atoms with Gasteiger partial charge in [-0.25, -0.2) is 0 Å². The first-order valence-corrected chi connectivity index (χ1v) is 8.21. The molecule has 0 radical (unpaired) electrons. The van der Waals surface area contributed by atoms with Gasteiger partial charge >= 0.3 is 0 Å². The minimum Gasteiger partial charge on any atom is -0.356 e. The van der Waals surface area contributed by atoms with Crippen molar-refractivity contribution in [3.8, 4) is 0 Å². The van der Waals surface area contributed by atoms with Crippen LogP contribution in [-0.4, -0.2) is 29.8 Å². The van der Waals surface area contributed by atoms with Gasteiger partial charge in [0.1, 0.15) is 0 Å². The summed E-state index contributed by atoms with van der Waals surface area (Å²) in [6.45, 7) is 1.88. The van der Waals surface area contributed by atoms with Crippen LogP contribution >= 0.6 is 15.9 Å². The summed E-state index contributed by atoms with van der Waals surface area (Å²) < 4.78 is 1.00. The van der Waals surface area contributed by atoms with Crippen molar-refractivity contribution >= 4 is 27.7 Å². The van der Waals surface area contributed by atoms with Crippen LogP contribution in [0.15, 0.2) is 28.7 Å². The predicted molar refractivity (Wildman–Crippen MR) is 83.4 cm³/mol. The van der Waals surface area contributed by atoms with Gasteiger partial charge in [-0.1, -0.05) is 28.1 Å². The van der Waals surface area contributed by atoms with Gasteiger partial charge in [0.15, 0.2) is 0 Å². The summed E-state index contributed by atoms with van der Waals surface area (Å²) in [6, 6.07) is 7.93. The highest BCUT2D eigenvalue weighted by Gasteiger charge is 2.34. The molecule has 2 fully saturated rings. The van der Waals surface area contributed by atoms with Crippen LogP contribution in [0, 0.1) is 11.8 Å². The summed E-state index contributed by atoms with van der Waals surface area (Å²) in [5.74, 6) is 0.584. The number of nitrogens with zero attached hydrogens (tertiary/aromatic N) is 1. The van der Waals surface area contributed by atoms with E-state index in [1.165, 1.54) is 12.8 Å². The minimum atomic E-state index is -0.191. The summed E-state index contributed by atoms with van der Waals surface area (Å²) in [6.07, 6.45) is 2.78. The molecule has 1 unspecified atom stereocenters. The molecule has 5 heteroatoms. The highest BCUT2D eigenvalue weighted by Crippen LogP contribution is 2.28. The van der Waals surface area contributed by atoms with Crippen LogP contribution in [0.5, 0.6) is 0 Å². The Hall–Kier alpha value is -1.36. The fourth-order valence-corrected chi connectivity index (χ4v) is 3.11. The van der Waals surface area contributed by atoms with Gasteiger partial charge in [0.2, 0.25) is 11.8 Å². The Labute approximate surface area is 133 Å². The third kappa shape index (κ3) is 3.84. The number of rotatable bonds is 5. The van der Waals surface area contributed by atoms with Gasteiger partial charge in [0.25, 0.3) is 0 Å². The third-order valence-corrected chi connectivity index (χ3v) is 4.60. The van der Waals surface area contributed by atoms with Crippen LogP contribution in [0.1, 0.15) is 24.8 Å². The zero-order chi connectivity index (χ0) is 14.8. The topological polar surface area (TPSA) is 49.4 Å². The summed E-state index contributed by atoms with van der Waals surface area (Å²) in [4.78, 5) is 25.9. The van der Waals surface area contributed by atoms with E-state index in [0.29, 0.717) is 25.4 Å². The van der Waals surface area contributed by atoms with Gasteiger partial charge < -0.3 is 10.2 Å². The summed E-state index contributed by atoms with van der Waals surface area (Å²) in [7, 11) is 0. The molecule has 2 amide bonds. The van der Waals surface area contributed by atoms with Crippen LogP contribution in [-0.2, 0) is 16.1 Å². The first-order chi connectivity index (χ1) is 10.1. The summed E-state index contributed by atoms with van der Waals surface area (Å²) in [5.41, 5.74) is 1.08. The van der Waals surface area contributed by atoms with E-state index in [4.69, 9.17) is 0 Å². The molecule has 0 aromatic heterocycles. The Morgan fingerprint density at radius 1 is 1.38 bits per heavy atom. The number of carbonyl (C=O) groups excluding carboxylic acids is 2. The van der Waals surface area contributed by atoms with E-state index in [1.54, 1.807) is 4.90 Å². The maximum atomic E-state index is 12.1. The first-order valence-electron chi connectivity index (χ1n) is 7.42. The highest BCUT2D eigenvalue weighted by molar-refractivity contribution is 9.10. The molecule has 1 heterocycles. The molecular weight excluding hydrogens is 332 g/mol. The monoisotopic (exact) mass is 350 g/mol. The zero-order valence-electron chi connectivity index (χ0n) is 11.8. The smallest absolute Gasteiger partial charge is 0.225 e. The Morgan fingerprint density at radius 2 is 2.19 bits per heavy atom. The molecule has 1 aromatic carbocycles. The molecule has 1 aromatic rings. The van der Waals surface area contributed by atoms with Crippen LogP contribution in [0.25, 0.3) is 0 Å². The predicted octanol–water partition coefficient (Wildman–Crippen LogP) is 2.32. The molecule has 21 heavy (non-hydrogen) atoms. The third-order valence-electron chi connectivity index (χ3n) is 4.11. The summed E-state index contributed by atoms with van der Waals surface area (Å²) >= 11 is 3.43. The van der Waals surface area contributed by atoms with Gasteiger partial charge in [-0.05, 0) is 36.5 Å². The van der Waals surface area contributed by atoms with Crippen molar-refractivity contribution in [3.05, 3.63) is 34.3 Å². The van der Waals surface area contributed by atoms with Crippen molar-refractivity contribution in [2.45, 2.75) is 25.8 Å². The lowest BCUT2D eigenvalue weighted by Crippen LogP contribution is -2.34. The molecule has 1 aliphatic carbocycles. The number of carbonyl (C=O) groups is 2. The number of nitrogens with one attached hydrogen (secondary N) is 1. The lowest BCUT2D eigenvalue weighted by molar-refractivity contribution is -0.129. The second-order valence-corrected chi connectivity index (χ2v) is 6.91. The van der Waals surface area contributed by atoms with Gasteiger partial charge in [0.05, 0.1) is 5.92 Å². The number of hydrogen-bond acceptors (Lipinski definition) is 2. The van der Waals surface area contributed by atoms with Crippen molar-refractivity contribution in [1.82, 2.24) is 10.2 Å². The molecule has 1 aliphatic heterocycles. The molecular formula is C16H19BrN2O2. The standard InChI is InChI=1S/C16H19BrN2O2/c17-14-3-1-2-12(6-14)9-19-10-13(7-15(19)20)16(21)18-8-11-4-5-11/h1-3,6,11,13H,4-5,7-10H2,(H,18,21). The fraction of sp³-hybridized carbons (Fsp3) is 0.500. The van der Waals surface area contributed by atoms with Crippen LogP contribution in [0.3, 0.4) is 0 Å². The molecule has 3 rings (SSSR count). The number of hydrogen-bond donors (Lipinski definition) is 1. The molecule has 2 aliphatic rings. The first kappa shape index (κ1) is 14.6. The zero-order valence-corrected chi connectivity index (χ0v) is 13.4. The molecule has 0 bridgehead atoms. The molecule has 1 saturated heterocycles. The van der Waals surface area contributed by atoms with Crippen molar-refractivity contribution in [2.75, 3.05) is 13.1 Å². The van der Waals surface area contributed by atoms with Gasteiger partial charge in [0, 0.05) is 30.5 Å². The second-order valence-electron chi connectivity index (χ2n) is 5.99. The minimum absolute atomic E-state index is 0.0343. The largest absolute Gasteiger partial charge is 0.356 e. The Bertz CT molecular complexity index is 557. The number of likely N-dealkylation sites (tertiary alicyclic amines) is 1. The highest BCUT2D eigenvalue weighted by atomic mass is 79.9. The average Bonchev–Trinajstić information content (AvgIpc) is 3.21. The van der Waals surface area contributed by atoms with Gasteiger partial charge in [-0.15, -0.1) is 0 Å². The van der Waals surface area contributed by atoms with Crippen molar-refractivity contribution < 1.29 is 9.59 Å². The van der Waals surface area contributed by atoms with Crippen molar-refractivity contribution in [2.24, 2.45) is 11.8 Å². The lowest BCUT2D eigenvalue weighted by Gasteiger charge is -2.17. The van der Waals surface area contributed by atoms with Crippen LogP contribution in [0.2, 0.25) is 0 Å². The van der Waals surface area contributed by atoms with Gasteiger partial charge in [-0.2, -0.15) is 0 Å². The van der Waals surface area contributed by atoms with E-state index >= 15 is 0 Å². The average molecular weight is 351 g/mol. The quantitative estimate of drug-likeness (QED) is 0.885. The lowest BCUT2D eigenvalue weighted by atomic mass is 10.1. The van der Waals surface area contributed by atoms with Crippen molar-refractivity contribution in [3.63, 3.8) is 0 Å². The normalized spacial score (nSPS) is 21.7. The van der Waals surface area contributed by atoms with E-state index in [1.807, 2.05) is 24.3 Å². The molecule has 1 atom stereocenters. The molecule has 112 valence electrons. The number of amides is 2. The van der Waals surface area contributed by atoms with Gasteiger partial charge in [-0.3, -0.25) is 9.59 Å². The van der Waals surface area contributed by atoms with E-state index in [-0.39, 0.29) is 17.7 Å². The Balaban J connectivity index is 1.55. The van der Waals surface area contributed by atoms with E-state index in [2.05, 4.69) is 21.2 Å². The fourth-order valence-electron chi connectivity index (χ4n) is 2.67.